The van der Waals surface area contributed by atoms with Crippen LogP contribution in [0.5, 0.6) is 0 Å². The van der Waals surface area contributed by atoms with E-state index < -0.39 is 0 Å². The number of allylic oxidation sites excluding steroid dienone is 1. The molecule has 4 heteroatoms. The monoisotopic (exact) mass is 226 g/mol. The van der Waals surface area contributed by atoms with Crippen molar-refractivity contribution in [2.45, 2.75) is 25.8 Å². The minimum atomic E-state index is -0.125. The third-order valence-corrected chi connectivity index (χ3v) is 2.53. The van der Waals surface area contributed by atoms with Crippen molar-refractivity contribution in [2.24, 2.45) is 0 Å². The highest BCUT2D eigenvalue weighted by molar-refractivity contribution is 6.32. The van der Waals surface area contributed by atoms with Crippen LogP contribution in [0.4, 0.5) is 5.69 Å². The van der Waals surface area contributed by atoms with Crippen LogP contribution in [0.2, 0.25) is 0 Å². The van der Waals surface area contributed by atoms with Crippen LogP contribution >= 0.6 is 0 Å². The van der Waals surface area contributed by atoms with Gasteiger partial charge in [0.2, 0.25) is 5.91 Å². The van der Waals surface area contributed by atoms with E-state index in [1.165, 1.54) is 12.8 Å². The molecule has 1 aromatic rings. The summed E-state index contributed by atoms with van der Waals surface area (Å²) in [7, 11) is 5.57. The molecule has 17 heavy (non-hydrogen) atoms. The van der Waals surface area contributed by atoms with Crippen molar-refractivity contribution in [1.82, 2.24) is 5.32 Å². The number of nitrogens with one attached hydrogen (secondary N) is 2. The first-order valence-corrected chi connectivity index (χ1v) is 5.75. The summed E-state index contributed by atoms with van der Waals surface area (Å²) < 4.78 is 0. The molecule has 86 valence electrons. The van der Waals surface area contributed by atoms with E-state index >= 15 is 0 Å². The maximum absolute atomic E-state index is 11.7. The second-order valence-electron chi connectivity index (χ2n) is 4.36. The van der Waals surface area contributed by atoms with Crippen LogP contribution in [0, 0.1) is 0 Å². The first-order valence-electron chi connectivity index (χ1n) is 5.75. The van der Waals surface area contributed by atoms with E-state index in [-0.39, 0.29) is 5.91 Å². The first-order chi connectivity index (χ1) is 8.13. The molecule has 2 radical (unpaired) electrons. The zero-order chi connectivity index (χ0) is 12.3. The highest BCUT2D eigenvalue weighted by Gasteiger charge is 2.20. The van der Waals surface area contributed by atoms with E-state index in [0.717, 1.165) is 11.4 Å². The number of amides is 1. The Labute approximate surface area is 103 Å². The Bertz CT molecular complexity index is 435. The van der Waals surface area contributed by atoms with Crippen molar-refractivity contribution in [3.8, 4) is 0 Å². The van der Waals surface area contributed by atoms with Crippen molar-refractivity contribution < 1.29 is 4.79 Å². The number of carbonyl (C=O) groups is 1. The molecular formula is C13H15BN2O. The van der Waals surface area contributed by atoms with Gasteiger partial charge in [-0.3, -0.25) is 4.79 Å². The molecule has 0 saturated heterocycles. The molecule has 0 bridgehead atoms. The molecule has 1 aliphatic carbocycles. The number of carbonyl (C=O) groups excluding carboxylic acids is 1. The van der Waals surface area contributed by atoms with Crippen molar-refractivity contribution >= 4 is 24.9 Å². The molecule has 0 atom stereocenters. The van der Waals surface area contributed by atoms with Gasteiger partial charge in [-0.2, -0.15) is 0 Å². The molecular weight excluding hydrogens is 211 g/mol. The molecule has 3 nitrogen and oxygen atoms in total. The van der Waals surface area contributed by atoms with E-state index in [4.69, 9.17) is 7.85 Å². The number of rotatable bonds is 4. The Morgan fingerprint density at radius 2 is 2.00 bits per heavy atom. The maximum atomic E-state index is 11.7. The lowest BCUT2D eigenvalue weighted by Gasteiger charge is -2.05. The Morgan fingerprint density at radius 3 is 2.59 bits per heavy atom. The highest BCUT2D eigenvalue weighted by atomic mass is 16.1. The molecule has 2 N–H and O–H groups in total. The summed E-state index contributed by atoms with van der Waals surface area (Å²) >= 11 is 0. The summed E-state index contributed by atoms with van der Waals surface area (Å²) in [5.41, 5.74) is 2.34. The topological polar surface area (TPSA) is 41.1 Å². The predicted molar refractivity (Wildman–Crippen MR) is 70.4 cm³/mol. The van der Waals surface area contributed by atoms with E-state index in [2.05, 4.69) is 10.6 Å². The lowest BCUT2D eigenvalue weighted by atomic mass is 9.96. The Balaban J connectivity index is 1.89. The van der Waals surface area contributed by atoms with E-state index in [1.54, 1.807) is 30.3 Å². The third kappa shape index (κ3) is 3.98. The van der Waals surface area contributed by atoms with E-state index in [0.29, 0.717) is 11.5 Å². The van der Waals surface area contributed by atoms with Crippen molar-refractivity contribution in [3.05, 3.63) is 36.0 Å². The van der Waals surface area contributed by atoms with Gasteiger partial charge in [-0.1, -0.05) is 17.6 Å². The van der Waals surface area contributed by atoms with Gasteiger partial charge in [-0.05, 0) is 31.9 Å². The van der Waals surface area contributed by atoms with Gasteiger partial charge in [-0.15, -0.1) is 0 Å². The molecule has 1 aliphatic rings. The van der Waals surface area contributed by atoms with Gasteiger partial charge in [0, 0.05) is 23.5 Å². The van der Waals surface area contributed by atoms with Gasteiger partial charge in [0.1, 0.15) is 7.85 Å². The molecule has 0 aliphatic heterocycles. The zero-order valence-electron chi connectivity index (χ0n) is 9.86. The molecule has 0 unspecified atom stereocenters. The molecule has 1 aromatic carbocycles. The molecule has 1 fully saturated rings. The van der Waals surface area contributed by atoms with Gasteiger partial charge < -0.3 is 10.6 Å². The first kappa shape index (κ1) is 11.8. The maximum Gasteiger partial charge on any atom is 0.250 e. The fraction of sp³-hybridized carbons (Fsp3) is 0.308. The number of hydrogen-bond donors (Lipinski definition) is 2. The fourth-order valence-electron chi connectivity index (χ4n) is 1.53. The summed E-state index contributed by atoms with van der Waals surface area (Å²) in [6.07, 6.45) is 3.98. The van der Waals surface area contributed by atoms with Crippen molar-refractivity contribution in [1.29, 1.82) is 0 Å². The largest absolute Gasteiger partial charge is 0.386 e. The van der Waals surface area contributed by atoms with E-state index in [1.807, 2.05) is 6.92 Å². The van der Waals surface area contributed by atoms with Crippen LogP contribution < -0.4 is 16.1 Å². The van der Waals surface area contributed by atoms with Gasteiger partial charge in [0.25, 0.3) is 0 Å². The molecule has 1 saturated carbocycles. The van der Waals surface area contributed by atoms with Crippen LogP contribution in [-0.4, -0.2) is 19.8 Å². The second-order valence-corrected chi connectivity index (χ2v) is 4.36. The number of anilines is 1. The average molecular weight is 226 g/mol. The predicted octanol–water partition coefficient (Wildman–Crippen LogP) is 1.07. The third-order valence-electron chi connectivity index (χ3n) is 2.53. The summed E-state index contributed by atoms with van der Waals surface area (Å²) in [5.74, 6) is -0.125. The van der Waals surface area contributed by atoms with E-state index in [9.17, 15) is 4.79 Å². The normalized spacial score (nSPS) is 15.5. The smallest absolute Gasteiger partial charge is 0.250 e. The van der Waals surface area contributed by atoms with Crippen LogP contribution in [0.1, 0.15) is 19.8 Å². The standard InChI is InChI=1S/C13H15BN2O/c1-9(15-11-6-7-11)8-13(17)16-12-4-2-10(14)3-5-12/h2-5,8,11,15H,6-7H2,1H3,(H,16,17)/b9-8-. The molecule has 0 heterocycles. The van der Waals surface area contributed by atoms with Crippen LogP contribution in [0.15, 0.2) is 36.0 Å². The Morgan fingerprint density at radius 1 is 1.35 bits per heavy atom. The summed E-state index contributed by atoms with van der Waals surface area (Å²) in [5, 5.41) is 6.04. The van der Waals surface area contributed by atoms with Gasteiger partial charge in [0.05, 0.1) is 0 Å². The number of benzene rings is 1. The molecule has 2 rings (SSSR count). The molecule has 0 aromatic heterocycles. The quantitative estimate of drug-likeness (QED) is 0.595. The summed E-state index contributed by atoms with van der Waals surface area (Å²) in [4.78, 5) is 11.7. The van der Waals surface area contributed by atoms with Crippen LogP contribution in [0.3, 0.4) is 0 Å². The minimum Gasteiger partial charge on any atom is -0.386 e. The second kappa shape index (κ2) is 5.08. The average Bonchev–Trinajstić information content (AvgIpc) is 3.05. The molecule has 0 spiro atoms. The SMILES string of the molecule is [B]c1ccc(NC(=O)/C=C(/C)NC2CC2)cc1. The van der Waals surface area contributed by atoms with Gasteiger partial charge in [-0.25, -0.2) is 0 Å². The Kier molecular flexibility index (Phi) is 3.52. The lowest BCUT2D eigenvalue weighted by Crippen LogP contribution is -2.17. The summed E-state index contributed by atoms with van der Waals surface area (Å²) in [6.45, 7) is 1.90. The van der Waals surface area contributed by atoms with Crippen LogP contribution in [0.25, 0.3) is 0 Å². The minimum absolute atomic E-state index is 0.125. The fourth-order valence-corrected chi connectivity index (χ4v) is 1.53. The highest BCUT2D eigenvalue weighted by Crippen LogP contribution is 2.19. The van der Waals surface area contributed by atoms with Crippen LogP contribution in [-0.2, 0) is 4.79 Å². The summed E-state index contributed by atoms with van der Waals surface area (Å²) in [6, 6.07) is 7.65. The number of hydrogen-bond acceptors (Lipinski definition) is 2. The van der Waals surface area contributed by atoms with Crippen molar-refractivity contribution in [3.63, 3.8) is 0 Å². The Hall–Kier alpha value is -1.71. The van der Waals surface area contributed by atoms with Gasteiger partial charge >= 0.3 is 0 Å². The lowest BCUT2D eigenvalue weighted by molar-refractivity contribution is -0.112. The van der Waals surface area contributed by atoms with Crippen molar-refractivity contribution in [2.75, 3.05) is 5.32 Å². The zero-order valence-corrected chi connectivity index (χ0v) is 9.86. The molecule has 1 amide bonds. The van der Waals surface area contributed by atoms with Gasteiger partial charge in [0.15, 0.2) is 0 Å².